The molecule has 0 heterocycles. The molecule has 0 amide bonds. The minimum absolute atomic E-state index is 0.282. The number of ether oxygens (including phenoxy) is 1. The van der Waals surface area contributed by atoms with Gasteiger partial charge in [0, 0.05) is 5.69 Å². The van der Waals surface area contributed by atoms with E-state index in [0.717, 1.165) is 11.3 Å². The van der Waals surface area contributed by atoms with E-state index in [-0.39, 0.29) is 5.97 Å². The molecule has 20 heavy (non-hydrogen) atoms. The van der Waals surface area contributed by atoms with Gasteiger partial charge in [0.05, 0.1) is 6.61 Å². The Morgan fingerprint density at radius 1 is 1.05 bits per heavy atom. The number of benzene rings is 2. The van der Waals surface area contributed by atoms with Gasteiger partial charge in [0.15, 0.2) is 5.54 Å². The van der Waals surface area contributed by atoms with Gasteiger partial charge in [-0.05, 0) is 31.5 Å². The first-order valence-electron chi connectivity index (χ1n) is 6.73. The molecule has 0 aliphatic carbocycles. The fourth-order valence-electron chi connectivity index (χ4n) is 2.10. The molecule has 0 aliphatic heterocycles. The number of para-hydroxylation sites is 1. The number of carbonyl (C=O) groups excluding carboxylic acids is 1. The number of esters is 1. The molecule has 2 rings (SSSR count). The molecular formula is C17H19NO2. The second-order valence-corrected chi connectivity index (χ2v) is 4.70. The van der Waals surface area contributed by atoms with Crippen molar-refractivity contribution in [2.24, 2.45) is 0 Å². The molecule has 3 heteroatoms. The van der Waals surface area contributed by atoms with Crippen molar-refractivity contribution in [3.05, 3.63) is 66.2 Å². The minimum atomic E-state index is -0.904. The van der Waals surface area contributed by atoms with Crippen LogP contribution in [0.3, 0.4) is 0 Å². The molecular weight excluding hydrogens is 250 g/mol. The summed E-state index contributed by atoms with van der Waals surface area (Å²) >= 11 is 0. The zero-order valence-corrected chi connectivity index (χ0v) is 11.8. The quantitative estimate of drug-likeness (QED) is 0.843. The maximum Gasteiger partial charge on any atom is 0.336 e. The lowest BCUT2D eigenvalue weighted by Gasteiger charge is -2.30. The lowest BCUT2D eigenvalue weighted by atomic mass is 9.91. The lowest BCUT2D eigenvalue weighted by Crippen LogP contribution is -2.42. The van der Waals surface area contributed by atoms with Gasteiger partial charge in [0.25, 0.3) is 0 Å². The molecule has 0 saturated heterocycles. The average Bonchev–Trinajstić information content (AvgIpc) is 2.49. The van der Waals surface area contributed by atoms with Crippen LogP contribution in [-0.4, -0.2) is 12.6 Å². The predicted molar refractivity (Wildman–Crippen MR) is 80.5 cm³/mol. The van der Waals surface area contributed by atoms with Crippen LogP contribution in [0.15, 0.2) is 60.7 Å². The van der Waals surface area contributed by atoms with Crippen LogP contribution < -0.4 is 5.32 Å². The predicted octanol–water partition coefficient (Wildman–Crippen LogP) is 3.58. The molecule has 0 aliphatic rings. The number of hydrogen-bond donors (Lipinski definition) is 1. The molecule has 0 bridgehead atoms. The Balaban J connectivity index is 2.36. The van der Waals surface area contributed by atoms with Gasteiger partial charge in [0.2, 0.25) is 0 Å². The van der Waals surface area contributed by atoms with Crippen LogP contribution >= 0.6 is 0 Å². The van der Waals surface area contributed by atoms with Crippen molar-refractivity contribution in [2.75, 3.05) is 11.9 Å². The second kappa shape index (κ2) is 6.24. The summed E-state index contributed by atoms with van der Waals surface area (Å²) < 4.78 is 5.23. The second-order valence-electron chi connectivity index (χ2n) is 4.70. The summed E-state index contributed by atoms with van der Waals surface area (Å²) in [6.07, 6.45) is 0. The van der Waals surface area contributed by atoms with E-state index in [4.69, 9.17) is 4.74 Å². The molecule has 104 valence electrons. The summed E-state index contributed by atoms with van der Waals surface area (Å²) in [5.74, 6) is -0.282. The van der Waals surface area contributed by atoms with Gasteiger partial charge in [-0.3, -0.25) is 0 Å². The maximum atomic E-state index is 12.4. The highest BCUT2D eigenvalue weighted by Crippen LogP contribution is 2.27. The lowest BCUT2D eigenvalue weighted by molar-refractivity contribution is -0.148. The zero-order valence-electron chi connectivity index (χ0n) is 11.8. The van der Waals surface area contributed by atoms with E-state index in [0.29, 0.717) is 6.61 Å². The van der Waals surface area contributed by atoms with Gasteiger partial charge in [-0.2, -0.15) is 0 Å². The third kappa shape index (κ3) is 2.99. The van der Waals surface area contributed by atoms with Gasteiger partial charge < -0.3 is 10.1 Å². The minimum Gasteiger partial charge on any atom is -0.464 e. The fourth-order valence-corrected chi connectivity index (χ4v) is 2.10. The highest BCUT2D eigenvalue weighted by atomic mass is 16.5. The van der Waals surface area contributed by atoms with Crippen LogP contribution in [0.4, 0.5) is 5.69 Å². The Hall–Kier alpha value is -2.29. The highest BCUT2D eigenvalue weighted by molar-refractivity contribution is 5.85. The van der Waals surface area contributed by atoms with Crippen LogP contribution in [0, 0.1) is 0 Å². The number of nitrogens with one attached hydrogen (secondary N) is 1. The van der Waals surface area contributed by atoms with Crippen molar-refractivity contribution < 1.29 is 9.53 Å². The topological polar surface area (TPSA) is 38.3 Å². The number of anilines is 1. The van der Waals surface area contributed by atoms with Crippen molar-refractivity contribution in [1.82, 2.24) is 0 Å². The molecule has 0 fully saturated rings. The van der Waals surface area contributed by atoms with Gasteiger partial charge in [0.1, 0.15) is 0 Å². The molecule has 1 N–H and O–H groups in total. The summed E-state index contributed by atoms with van der Waals surface area (Å²) in [5, 5.41) is 3.28. The Morgan fingerprint density at radius 3 is 2.15 bits per heavy atom. The Bertz CT molecular complexity index is 554. The van der Waals surface area contributed by atoms with E-state index >= 15 is 0 Å². The molecule has 3 nitrogen and oxygen atoms in total. The standard InChI is InChI=1S/C17H19NO2/c1-3-20-16(19)17(2,14-10-6-4-7-11-14)18-15-12-8-5-9-13-15/h4-13,18H,3H2,1-2H3. The molecule has 1 atom stereocenters. The summed E-state index contributed by atoms with van der Waals surface area (Å²) in [6, 6.07) is 19.3. The Kier molecular flexibility index (Phi) is 4.41. The van der Waals surface area contributed by atoms with Crippen LogP contribution in [0.2, 0.25) is 0 Å². The summed E-state index contributed by atoms with van der Waals surface area (Å²) in [4.78, 5) is 12.4. The number of carbonyl (C=O) groups is 1. The van der Waals surface area contributed by atoms with Crippen molar-refractivity contribution >= 4 is 11.7 Å². The van der Waals surface area contributed by atoms with Crippen LogP contribution in [0.5, 0.6) is 0 Å². The monoisotopic (exact) mass is 269 g/mol. The summed E-state index contributed by atoms with van der Waals surface area (Å²) in [6.45, 7) is 4.01. The molecule has 0 spiro atoms. The van der Waals surface area contributed by atoms with E-state index in [2.05, 4.69) is 5.32 Å². The number of hydrogen-bond acceptors (Lipinski definition) is 3. The Morgan fingerprint density at radius 2 is 1.60 bits per heavy atom. The zero-order chi connectivity index (χ0) is 14.4. The normalized spacial score (nSPS) is 13.3. The maximum absolute atomic E-state index is 12.4. The molecule has 0 saturated carbocycles. The first-order chi connectivity index (χ1) is 9.66. The molecule has 0 radical (unpaired) electrons. The van der Waals surface area contributed by atoms with E-state index in [1.807, 2.05) is 74.5 Å². The SMILES string of the molecule is CCOC(=O)C(C)(Nc1ccccc1)c1ccccc1. The van der Waals surface area contributed by atoms with E-state index in [1.165, 1.54) is 0 Å². The molecule has 2 aromatic carbocycles. The van der Waals surface area contributed by atoms with E-state index < -0.39 is 5.54 Å². The third-order valence-electron chi connectivity index (χ3n) is 3.20. The van der Waals surface area contributed by atoms with E-state index in [9.17, 15) is 4.79 Å². The summed E-state index contributed by atoms with van der Waals surface area (Å²) in [7, 11) is 0. The van der Waals surface area contributed by atoms with Gasteiger partial charge in [-0.15, -0.1) is 0 Å². The largest absolute Gasteiger partial charge is 0.464 e. The number of rotatable bonds is 5. The molecule has 1 unspecified atom stereocenters. The molecule has 0 aromatic heterocycles. The first kappa shape index (κ1) is 14.1. The smallest absolute Gasteiger partial charge is 0.336 e. The van der Waals surface area contributed by atoms with Crippen LogP contribution in [0.25, 0.3) is 0 Å². The van der Waals surface area contributed by atoms with Crippen molar-refractivity contribution in [3.8, 4) is 0 Å². The summed E-state index contributed by atoms with van der Waals surface area (Å²) in [5.41, 5.74) is 0.854. The Labute approximate surface area is 119 Å². The van der Waals surface area contributed by atoms with E-state index in [1.54, 1.807) is 0 Å². The van der Waals surface area contributed by atoms with Crippen LogP contribution in [0.1, 0.15) is 19.4 Å². The first-order valence-corrected chi connectivity index (χ1v) is 6.73. The van der Waals surface area contributed by atoms with Gasteiger partial charge in [-0.25, -0.2) is 4.79 Å². The van der Waals surface area contributed by atoms with Gasteiger partial charge >= 0.3 is 5.97 Å². The molecule has 2 aromatic rings. The third-order valence-corrected chi connectivity index (χ3v) is 3.20. The van der Waals surface area contributed by atoms with Crippen molar-refractivity contribution in [2.45, 2.75) is 19.4 Å². The van der Waals surface area contributed by atoms with Crippen LogP contribution in [-0.2, 0) is 15.1 Å². The fraction of sp³-hybridized carbons (Fsp3) is 0.235. The highest BCUT2D eigenvalue weighted by Gasteiger charge is 2.36. The average molecular weight is 269 g/mol. The van der Waals surface area contributed by atoms with Gasteiger partial charge in [-0.1, -0.05) is 48.5 Å². The van der Waals surface area contributed by atoms with Crippen molar-refractivity contribution in [3.63, 3.8) is 0 Å². The van der Waals surface area contributed by atoms with Crippen molar-refractivity contribution in [1.29, 1.82) is 0 Å².